The molecule has 5 nitrogen and oxygen atoms in total. The van der Waals surface area contributed by atoms with Crippen LogP contribution in [0.25, 0.3) is 0 Å². The molecule has 54 valence electrons. The van der Waals surface area contributed by atoms with Crippen molar-refractivity contribution in [1.29, 1.82) is 0 Å². The molecule has 9 heteroatoms. The Morgan fingerprint density at radius 1 is 1.00 bits per heavy atom. The average molecular weight is 258 g/mol. The first-order chi connectivity index (χ1) is 2.00. The van der Waals surface area contributed by atoms with Crippen molar-refractivity contribution >= 4 is 9.05 Å². The second-order valence-electron chi connectivity index (χ2n) is 0.600. The fourth-order valence-corrected chi connectivity index (χ4v) is 0. The van der Waals surface area contributed by atoms with Crippen molar-refractivity contribution in [3.05, 3.63) is 0 Å². The van der Waals surface area contributed by atoms with E-state index in [4.69, 9.17) is 19.2 Å². The third-order valence-corrected chi connectivity index (χ3v) is 0. The van der Waals surface area contributed by atoms with Gasteiger partial charge in [-0.05, 0) is 0 Å². The summed E-state index contributed by atoms with van der Waals surface area (Å²) >= 11 is 0. The summed E-state index contributed by atoms with van der Waals surface area (Å²) in [5.41, 5.74) is 0. The Balaban J connectivity index is -0.00000000800. The van der Waals surface area contributed by atoms with Gasteiger partial charge in [-0.25, -0.2) is 0 Å². The van der Waals surface area contributed by atoms with Gasteiger partial charge in [0.1, 0.15) is 0 Å². The van der Waals surface area contributed by atoms with Gasteiger partial charge in [-0.1, -0.05) is 0 Å². The van der Waals surface area contributed by atoms with E-state index in [0.29, 0.717) is 0 Å². The van der Waals surface area contributed by atoms with Gasteiger partial charge in [0, 0.05) is 38.8 Å². The van der Waals surface area contributed by atoms with Gasteiger partial charge in [-0.3, -0.25) is 0 Å². The SMILES string of the molecule is O.O[Si](O)(O)O.[Fe].[H-].[K+].[Ti]. The number of hydrogen-bond acceptors (Lipinski definition) is 4. The third kappa shape index (κ3) is 103. The maximum Gasteiger partial charge on any atom is 1.00 e. The van der Waals surface area contributed by atoms with Gasteiger partial charge in [0.2, 0.25) is 0 Å². The zero-order valence-corrected chi connectivity index (χ0v) is 11.4. The van der Waals surface area contributed by atoms with Crippen LogP contribution < -0.4 is 51.4 Å². The van der Waals surface area contributed by atoms with E-state index in [1.165, 1.54) is 0 Å². The Bertz CT molecular complexity index is 37.1. The van der Waals surface area contributed by atoms with E-state index in [1.54, 1.807) is 0 Å². The van der Waals surface area contributed by atoms with E-state index >= 15 is 0 Å². The van der Waals surface area contributed by atoms with Crippen molar-refractivity contribution < 1.29 is 116 Å². The summed E-state index contributed by atoms with van der Waals surface area (Å²) in [4.78, 5) is 29.3. The first-order valence-corrected chi connectivity index (χ1v) is 2.68. The Kier molecular flexibility index (Phi) is 44.5. The third-order valence-electron chi connectivity index (χ3n) is 0. The molecule has 0 saturated heterocycles. The maximum atomic E-state index is 7.33. The summed E-state index contributed by atoms with van der Waals surface area (Å²) in [5, 5.41) is 0. The predicted octanol–water partition coefficient (Wildman–Crippen LogP) is -6.32. The topological polar surface area (TPSA) is 112 Å². The molecule has 6 N–H and O–H groups in total. The van der Waals surface area contributed by atoms with Crippen LogP contribution in [-0.2, 0) is 38.8 Å². The minimum Gasteiger partial charge on any atom is -1.00 e. The maximum absolute atomic E-state index is 7.33. The quantitative estimate of drug-likeness (QED) is 0.324. The van der Waals surface area contributed by atoms with Gasteiger partial charge < -0.3 is 26.1 Å². The van der Waals surface area contributed by atoms with Crippen LogP contribution in [0.1, 0.15) is 1.43 Å². The Labute approximate surface area is 123 Å². The summed E-state index contributed by atoms with van der Waals surface area (Å²) < 4.78 is 0. The van der Waals surface area contributed by atoms with Crippen LogP contribution in [0.2, 0.25) is 0 Å². The molecule has 0 amide bonds. The van der Waals surface area contributed by atoms with Crippen LogP contribution in [0.15, 0.2) is 0 Å². The van der Waals surface area contributed by atoms with Crippen molar-refractivity contribution in [2.24, 2.45) is 0 Å². The minimum absolute atomic E-state index is 0. The largest absolute Gasteiger partial charge is 1.00 e. The van der Waals surface area contributed by atoms with Crippen molar-refractivity contribution in [2.45, 2.75) is 0 Å². The molecule has 9 heavy (non-hydrogen) atoms. The fourth-order valence-electron chi connectivity index (χ4n) is 0. The van der Waals surface area contributed by atoms with E-state index in [1.807, 2.05) is 0 Å². The molecule has 0 aromatic carbocycles. The minimum atomic E-state index is -4.61. The Morgan fingerprint density at radius 2 is 1.00 bits per heavy atom. The molecule has 0 bridgehead atoms. The number of rotatable bonds is 0. The van der Waals surface area contributed by atoms with Gasteiger partial charge in [0.05, 0.1) is 0 Å². The van der Waals surface area contributed by atoms with Gasteiger partial charge in [-0.15, -0.1) is 0 Å². The number of hydrogen-bond donors (Lipinski definition) is 4. The van der Waals surface area contributed by atoms with Gasteiger partial charge >= 0.3 is 60.4 Å². The molecule has 0 radical (unpaired) electrons. The van der Waals surface area contributed by atoms with E-state index in [-0.39, 0.29) is 97.1 Å². The summed E-state index contributed by atoms with van der Waals surface area (Å²) in [7, 11) is -4.61. The monoisotopic (exact) mass is 258 g/mol. The molecule has 0 aliphatic carbocycles. The van der Waals surface area contributed by atoms with E-state index in [0.717, 1.165) is 0 Å². The molecule has 0 heterocycles. The normalized spacial score (nSPS) is 6.67. The first kappa shape index (κ1) is 29.7. The zero-order chi connectivity index (χ0) is 4.50. The summed E-state index contributed by atoms with van der Waals surface area (Å²) in [5.74, 6) is 0. The van der Waals surface area contributed by atoms with Crippen LogP contribution in [-0.4, -0.2) is 33.7 Å². The van der Waals surface area contributed by atoms with Crippen molar-refractivity contribution in [2.75, 3.05) is 0 Å². The zero-order valence-electron chi connectivity index (χ0n) is 5.64. The van der Waals surface area contributed by atoms with Crippen molar-refractivity contribution in [1.82, 2.24) is 0 Å². The molecule has 0 aromatic heterocycles. The molecule has 0 aliphatic rings. The van der Waals surface area contributed by atoms with Crippen LogP contribution in [0.5, 0.6) is 0 Å². The average Bonchev–Trinajstić information content (AvgIpc) is 0.722. The molecule has 0 aromatic rings. The van der Waals surface area contributed by atoms with E-state index < -0.39 is 9.05 Å². The molecule has 0 spiro atoms. The van der Waals surface area contributed by atoms with E-state index in [9.17, 15) is 0 Å². The summed E-state index contributed by atoms with van der Waals surface area (Å²) in [6, 6.07) is 0. The molecule has 0 atom stereocenters. The molecular formula is H7FeKO5SiTi. The standard InChI is InChI=1S/Fe.K.H4O4Si.H2O.Ti.H/c;;1-5(2,3)4;;;/h;;1-4H;1H2;;/q;+1;;;;-1. The molecule has 0 saturated carbocycles. The van der Waals surface area contributed by atoms with Gasteiger partial charge in [-0.2, -0.15) is 0 Å². The van der Waals surface area contributed by atoms with Gasteiger partial charge in [0.15, 0.2) is 0 Å². The van der Waals surface area contributed by atoms with Gasteiger partial charge in [0.25, 0.3) is 0 Å². The molecule has 0 unspecified atom stereocenters. The second-order valence-corrected chi connectivity index (χ2v) is 1.80. The first-order valence-electron chi connectivity index (χ1n) is 0.894. The summed E-state index contributed by atoms with van der Waals surface area (Å²) in [6.45, 7) is 0. The molecule has 0 rings (SSSR count). The second kappa shape index (κ2) is 13.5. The summed E-state index contributed by atoms with van der Waals surface area (Å²) in [6.07, 6.45) is 0. The Morgan fingerprint density at radius 3 is 1.00 bits per heavy atom. The smallest absolute Gasteiger partial charge is 1.00 e. The molecule has 0 aliphatic heterocycles. The fraction of sp³-hybridized carbons (Fsp3) is 0. The van der Waals surface area contributed by atoms with Crippen molar-refractivity contribution in [3.8, 4) is 0 Å². The molecule has 0 fully saturated rings. The van der Waals surface area contributed by atoms with Crippen molar-refractivity contribution in [3.63, 3.8) is 0 Å². The van der Waals surface area contributed by atoms with Crippen LogP contribution in [0.3, 0.4) is 0 Å². The Hall–Kier alpha value is 2.89. The predicted molar refractivity (Wildman–Crippen MR) is 19.4 cm³/mol. The van der Waals surface area contributed by atoms with Crippen LogP contribution >= 0.6 is 0 Å². The van der Waals surface area contributed by atoms with E-state index in [2.05, 4.69) is 0 Å². The molecular weight excluding hydrogens is 251 g/mol. The van der Waals surface area contributed by atoms with Crippen LogP contribution in [0.4, 0.5) is 0 Å². The van der Waals surface area contributed by atoms with Crippen LogP contribution in [0, 0.1) is 0 Å².